The highest BCUT2D eigenvalue weighted by molar-refractivity contribution is 14.1. The van der Waals surface area contributed by atoms with Gasteiger partial charge in [-0.25, -0.2) is 8.78 Å². The van der Waals surface area contributed by atoms with Crippen molar-refractivity contribution in [3.05, 3.63) is 32.9 Å². The summed E-state index contributed by atoms with van der Waals surface area (Å²) in [6.07, 6.45) is 0.849. The Morgan fingerprint density at radius 1 is 1.44 bits per heavy atom. The first-order chi connectivity index (χ1) is 8.50. The Bertz CT molecular complexity index is 475. The highest BCUT2D eigenvalue weighted by atomic mass is 127. The van der Waals surface area contributed by atoms with Gasteiger partial charge in [-0.1, -0.05) is 0 Å². The number of nitrogens with one attached hydrogen (secondary N) is 1. The Kier molecular flexibility index (Phi) is 4.16. The number of likely N-dealkylation sites (N-methyl/N-ethyl adjacent to an activating group) is 1. The maximum Gasteiger partial charge on any atom is 0.256 e. The standard InChI is InChI=1S/C12H13F2IN2O/c1-17(7-2-3-16-6-7)12(18)8-4-11(15)10(14)5-9(8)13/h4-5,7,16H,2-3,6H2,1H3/t7-/m1/s1. The Labute approximate surface area is 118 Å². The summed E-state index contributed by atoms with van der Waals surface area (Å²) in [5.41, 5.74) is -0.0739. The summed E-state index contributed by atoms with van der Waals surface area (Å²) in [5, 5.41) is 3.15. The molecule has 0 saturated carbocycles. The monoisotopic (exact) mass is 366 g/mol. The Balaban J connectivity index is 2.25. The number of benzene rings is 1. The van der Waals surface area contributed by atoms with Crippen LogP contribution in [0.15, 0.2) is 12.1 Å². The van der Waals surface area contributed by atoms with Gasteiger partial charge in [0.15, 0.2) is 0 Å². The number of nitrogens with zero attached hydrogens (tertiary/aromatic N) is 1. The third kappa shape index (κ3) is 2.64. The maximum absolute atomic E-state index is 13.6. The van der Waals surface area contributed by atoms with Crippen molar-refractivity contribution < 1.29 is 13.6 Å². The topological polar surface area (TPSA) is 32.3 Å². The summed E-state index contributed by atoms with van der Waals surface area (Å²) in [6.45, 7) is 1.56. The van der Waals surface area contributed by atoms with Crippen molar-refractivity contribution in [1.82, 2.24) is 10.2 Å². The van der Waals surface area contributed by atoms with Crippen LogP contribution in [-0.2, 0) is 0 Å². The van der Waals surface area contributed by atoms with Crippen LogP contribution < -0.4 is 5.32 Å². The van der Waals surface area contributed by atoms with Gasteiger partial charge >= 0.3 is 0 Å². The molecule has 0 radical (unpaired) electrons. The van der Waals surface area contributed by atoms with Crippen molar-refractivity contribution in [2.24, 2.45) is 0 Å². The van der Waals surface area contributed by atoms with Gasteiger partial charge in [0.1, 0.15) is 11.6 Å². The van der Waals surface area contributed by atoms with E-state index in [4.69, 9.17) is 0 Å². The Morgan fingerprint density at radius 2 is 2.17 bits per heavy atom. The van der Waals surface area contributed by atoms with Crippen LogP contribution in [0, 0.1) is 15.2 Å². The lowest BCUT2D eigenvalue weighted by molar-refractivity contribution is 0.0739. The van der Waals surface area contributed by atoms with Crippen molar-refractivity contribution >= 4 is 28.5 Å². The van der Waals surface area contributed by atoms with E-state index in [1.807, 2.05) is 0 Å². The summed E-state index contributed by atoms with van der Waals surface area (Å²) in [7, 11) is 1.65. The normalized spacial score (nSPS) is 19.0. The molecule has 3 nitrogen and oxygen atoms in total. The van der Waals surface area contributed by atoms with E-state index in [9.17, 15) is 13.6 Å². The highest BCUT2D eigenvalue weighted by Gasteiger charge is 2.26. The smallest absolute Gasteiger partial charge is 0.256 e. The lowest BCUT2D eigenvalue weighted by Gasteiger charge is -2.24. The molecule has 1 atom stereocenters. The van der Waals surface area contributed by atoms with E-state index in [-0.39, 0.29) is 15.2 Å². The van der Waals surface area contributed by atoms with Gasteiger partial charge in [0.05, 0.1) is 5.56 Å². The van der Waals surface area contributed by atoms with E-state index in [1.165, 1.54) is 11.0 Å². The molecule has 1 fully saturated rings. The molecule has 1 aromatic carbocycles. The lowest BCUT2D eigenvalue weighted by atomic mass is 10.1. The third-order valence-electron chi connectivity index (χ3n) is 3.14. The highest BCUT2D eigenvalue weighted by Crippen LogP contribution is 2.19. The molecule has 0 spiro atoms. The van der Waals surface area contributed by atoms with E-state index in [0.29, 0.717) is 6.54 Å². The molecule has 0 unspecified atom stereocenters. The summed E-state index contributed by atoms with van der Waals surface area (Å²) >= 11 is 1.75. The molecule has 2 rings (SSSR count). The molecule has 1 aromatic rings. The second kappa shape index (κ2) is 5.48. The largest absolute Gasteiger partial charge is 0.337 e. The zero-order valence-electron chi connectivity index (χ0n) is 9.84. The average molecular weight is 366 g/mol. The summed E-state index contributed by atoms with van der Waals surface area (Å²) in [4.78, 5) is 13.7. The van der Waals surface area contributed by atoms with Crippen LogP contribution in [0.3, 0.4) is 0 Å². The molecule has 1 saturated heterocycles. The molecular formula is C12H13F2IN2O. The van der Waals surface area contributed by atoms with E-state index in [2.05, 4.69) is 5.32 Å². The number of hydrogen-bond donors (Lipinski definition) is 1. The third-order valence-corrected chi connectivity index (χ3v) is 3.97. The minimum Gasteiger partial charge on any atom is -0.337 e. The van der Waals surface area contributed by atoms with Gasteiger partial charge in [0.2, 0.25) is 0 Å². The fraction of sp³-hybridized carbons (Fsp3) is 0.417. The minimum atomic E-state index is -0.810. The van der Waals surface area contributed by atoms with Gasteiger partial charge < -0.3 is 10.2 Å². The molecule has 1 aliphatic rings. The summed E-state index contributed by atoms with van der Waals surface area (Å²) < 4.78 is 27.0. The van der Waals surface area contributed by atoms with Crippen molar-refractivity contribution in [3.8, 4) is 0 Å². The second-order valence-corrected chi connectivity index (χ2v) is 5.47. The SMILES string of the molecule is CN(C(=O)c1cc(I)c(F)cc1F)[C@@H]1CCNC1. The predicted octanol–water partition coefficient (Wildman–Crippen LogP) is 2.00. The fourth-order valence-corrected chi connectivity index (χ4v) is 2.48. The molecule has 0 aliphatic carbocycles. The first kappa shape index (κ1) is 13.7. The number of hydrogen-bond acceptors (Lipinski definition) is 2. The minimum absolute atomic E-state index is 0.0691. The number of rotatable bonds is 2. The van der Waals surface area contributed by atoms with Crippen molar-refractivity contribution in [2.75, 3.05) is 20.1 Å². The number of carbonyl (C=O) groups is 1. The first-order valence-corrected chi connectivity index (χ1v) is 6.71. The number of halogens is 3. The van der Waals surface area contributed by atoms with E-state index in [0.717, 1.165) is 19.0 Å². The summed E-state index contributed by atoms with van der Waals surface area (Å²) in [6, 6.07) is 2.09. The van der Waals surface area contributed by atoms with Crippen molar-refractivity contribution in [2.45, 2.75) is 12.5 Å². The van der Waals surface area contributed by atoms with Crippen LogP contribution in [0.2, 0.25) is 0 Å². The number of amides is 1. The lowest BCUT2D eigenvalue weighted by Crippen LogP contribution is -2.38. The van der Waals surface area contributed by atoms with Gasteiger partial charge in [-0.2, -0.15) is 0 Å². The quantitative estimate of drug-likeness (QED) is 0.642. The Morgan fingerprint density at radius 3 is 2.78 bits per heavy atom. The van der Waals surface area contributed by atoms with Gasteiger partial charge in [-0.05, 0) is 41.6 Å². The van der Waals surface area contributed by atoms with Crippen LogP contribution in [0.5, 0.6) is 0 Å². The predicted molar refractivity (Wildman–Crippen MR) is 72.4 cm³/mol. The van der Waals surface area contributed by atoms with Crippen LogP contribution in [0.25, 0.3) is 0 Å². The second-order valence-electron chi connectivity index (χ2n) is 4.31. The van der Waals surface area contributed by atoms with E-state index < -0.39 is 17.5 Å². The first-order valence-electron chi connectivity index (χ1n) is 5.63. The van der Waals surface area contributed by atoms with Crippen LogP contribution in [0.1, 0.15) is 16.8 Å². The van der Waals surface area contributed by atoms with Gasteiger partial charge in [0, 0.05) is 29.3 Å². The Hall–Kier alpha value is -0.760. The van der Waals surface area contributed by atoms with Crippen molar-refractivity contribution in [3.63, 3.8) is 0 Å². The molecule has 1 aliphatic heterocycles. The maximum atomic E-state index is 13.6. The molecular weight excluding hydrogens is 353 g/mol. The number of carbonyl (C=O) groups excluding carboxylic acids is 1. The van der Waals surface area contributed by atoms with Crippen LogP contribution in [-0.4, -0.2) is 37.0 Å². The molecule has 6 heteroatoms. The molecule has 1 amide bonds. The molecule has 98 valence electrons. The summed E-state index contributed by atoms with van der Waals surface area (Å²) in [5.74, 6) is -1.86. The molecule has 0 bridgehead atoms. The van der Waals surface area contributed by atoms with Crippen LogP contribution >= 0.6 is 22.6 Å². The molecule has 1 heterocycles. The molecule has 1 N–H and O–H groups in total. The van der Waals surface area contributed by atoms with E-state index >= 15 is 0 Å². The van der Waals surface area contributed by atoms with Gasteiger partial charge in [-0.15, -0.1) is 0 Å². The van der Waals surface area contributed by atoms with Gasteiger partial charge in [-0.3, -0.25) is 4.79 Å². The van der Waals surface area contributed by atoms with E-state index in [1.54, 1.807) is 29.6 Å². The zero-order valence-corrected chi connectivity index (χ0v) is 12.0. The van der Waals surface area contributed by atoms with Crippen molar-refractivity contribution in [1.29, 1.82) is 0 Å². The zero-order chi connectivity index (χ0) is 13.3. The van der Waals surface area contributed by atoms with Crippen LogP contribution in [0.4, 0.5) is 8.78 Å². The fourth-order valence-electron chi connectivity index (χ4n) is 2.01. The molecule has 0 aromatic heterocycles. The molecule has 18 heavy (non-hydrogen) atoms. The average Bonchev–Trinajstić information content (AvgIpc) is 2.85. The van der Waals surface area contributed by atoms with Gasteiger partial charge in [0.25, 0.3) is 5.91 Å².